The Labute approximate surface area is 177 Å². The van der Waals surface area contributed by atoms with Gasteiger partial charge in [0.2, 0.25) is 5.91 Å². The Morgan fingerprint density at radius 2 is 2.03 bits per heavy atom. The number of thioether (sulfide) groups is 1. The van der Waals surface area contributed by atoms with Crippen LogP contribution in [0.1, 0.15) is 41.6 Å². The first-order chi connectivity index (χ1) is 13.7. The van der Waals surface area contributed by atoms with Gasteiger partial charge in [-0.2, -0.15) is 0 Å². The molecular formula is C21H23N3O3S2. The molecule has 0 fully saturated rings. The summed E-state index contributed by atoms with van der Waals surface area (Å²) in [5, 5.41) is 3.56. The lowest BCUT2D eigenvalue weighted by Crippen LogP contribution is -2.26. The summed E-state index contributed by atoms with van der Waals surface area (Å²) in [5.74, 6) is -0.277. The average Bonchev–Trinajstić information content (AvgIpc) is 2.96. The van der Waals surface area contributed by atoms with E-state index in [1.54, 1.807) is 35.8 Å². The first-order valence-electron chi connectivity index (χ1n) is 9.32. The normalized spacial score (nSPS) is 12.2. The third-order valence-corrected chi connectivity index (χ3v) is 6.95. The van der Waals surface area contributed by atoms with E-state index in [4.69, 9.17) is 0 Å². The summed E-state index contributed by atoms with van der Waals surface area (Å²) in [7, 11) is 0. The molecule has 1 aromatic carbocycles. The van der Waals surface area contributed by atoms with Gasteiger partial charge in [-0.3, -0.25) is 19.0 Å². The Morgan fingerprint density at radius 3 is 2.69 bits per heavy atom. The standard InChI is InChI=1S/C21H23N3O3S2/c1-6-24-20(27)17-11(2)13(4)28-19(17)23-21(24)29-14(5)18(26)22-16-9-7-8-15(10-16)12(3)25/h7-10,14H,6H2,1-5H3,(H,22,26). The highest BCUT2D eigenvalue weighted by Gasteiger charge is 2.21. The van der Waals surface area contributed by atoms with E-state index in [0.717, 1.165) is 10.4 Å². The zero-order valence-electron chi connectivity index (χ0n) is 17.0. The number of carbonyl (C=O) groups is 2. The van der Waals surface area contributed by atoms with Crippen molar-refractivity contribution in [3.63, 3.8) is 0 Å². The molecule has 0 radical (unpaired) electrons. The van der Waals surface area contributed by atoms with Crippen LogP contribution in [0.3, 0.4) is 0 Å². The maximum atomic E-state index is 12.9. The summed E-state index contributed by atoms with van der Waals surface area (Å²) in [6.45, 7) is 9.55. The van der Waals surface area contributed by atoms with Crippen molar-refractivity contribution in [2.24, 2.45) is 0 Å². The van der Waals surface area contributed by atoms with E-state index in [0.29, 0.717) is 33.2 Å². The predicted molar refractivity (Wildman–Crippen MR) is 119 cm³/mol. The molecule has 3 rings (SSSR count). The molecule has 1 unspecified atom stereocenters. The van der Waals surface area contributed by atoms with Crippen LogP contribution in [0, 0.1) is 13.8 Å². The highest BCUT2D eigenvalue weighted by atomic mass is 32.2. The van der Waals surface area contributed by atoms with Crippen molar-refractivity contribution in [2.45, 2.75) is 51.6 Å². The van der Waals surface area contributed by atoms with Crippen LogP contribution < -0.4 is 10.9 Å². The second kappa shape index (κ2) is 8.51. The van der Waals surface area contributed by atoms with Gasteiger partial charge in [0.05, 0.1) is 10.6 Å². The average molecular weight is 430 g/mol. The number of thiophene rings is 1. The van der Waals surface area contributed by atoms with Gasteiger partial charge in [0, 0.05) is 22.7 Å². The van der Waals surface area contributed by atoms with Gasteiger partial charge in [-0.05, 0) is 52.3 Å². The fourth-order valence-corrected chi connectivity index (χ4v) is 4.99. The SMILES string of the molecule is CCn1c(SC(C)C(=O)Nc2cccc(C(C)=O)c2)nc2sc(C)c(C)c2c1=O. The van der Waals surface area contributed by atoms with E-state index in [1.807, 2.05) is 20.8 Å². The van der Waals surface area contributed by atoms with Gasteiger partial charge in [0.15, 0.2) is 10.9 Å². The fraction of sp³-hybridized carbons (Fsp3) is 0.333. The largest absolute Gasteiger partial charge is 0.325 e. The highest BCUT2D eigenvalue weighted by molar-refractivity contribution is 8.00. The van der Waals surface area contributed by atoms with Crippen molar-refractivity contribution in [1.82, 2.24) is 9.55 Å². The Bertz CT molecular complexity index is 1160. The van der Waals surface area contributed by atoms with Crippen LogP contribution in [-0.2, 0) is 11.3 Å². The number of amides is 1. The van der Waals surface area contributed by atoms with E-state index in [2.05, 4.69) is 10.3 Å². The maximum Gasteiger partial charge on any atom is 0.263 e. The number of rotatable bonds is 6. The van der Waals surface area contributed by atoms with Gasteiger partial charge in [0.1, 0.15) is 4.83 Å². The van der Waals surface area contributed by atoms with E-state index < -0.39 is 5.25 Å². The Balaban J connectivity index is 1.86. The first kappa shape index (κ1) is 21.3. The third kappa shape index (κ3) is 4.28. The van der Waals surface area contributed by atoms with E-state index in [-0.39, 0.29) is 17.2 Å². The lowest BCUT2D eigenvalue weighted by molar-refractivity contribution is -0.115. The molecule has 0 saturated heterocycles. The van der Waals surface area contributed by atoms with Gasteiger partial charge >= 0.3 is 0 Å². The molecule has 2 aromatic heterocycles. The predicted octanol–water partition coefficient (Wildman–Crippen LogP) is 4.42. The summed E-state index contributed by atoms with van der Waals surface area (Å²) in [6, 6.07) is 6.84. The molecule has 3 aromatic rings. The summed E-state index contributed by atoms with van der Waals surface area (Å²) >= 11 is 2.75. The van der Waals surface area contributed by atoms with Gasteiger partial charge in [-0.25, -0.2) is 4.98 Å². The van der Waals surface area contributed by atoms with Crippen molar-refractivity contribution in [3.05, 3.63) is 50.6 Å². The van der Waals surface area contributed by atoms with Crippen molar-refractivity contribution >= 4 is 50.7 Å². The molecule has 1 amide bonds. The number of Topliss-reactive ketones (excluding diaryl/α,β-unsaturated/α-hetero) is 1. The van der Waals surface area contributed by atoms with E-state index in [9.17, 15) is 14.4 Å². The third-order valence-electron chi connectivity index (χ3n) is 4.76. The van der Waals surface area contributed by atoms with Crippen LogP contribution >= 0.6 is 23.1 Å². The molecule has 0 aliphatic heterocycles. The zero-order valence-corrected chi connectivity index (χ0v) is 18.7. The zero-order chi connectivity index (χ0) is 21.3. The van der Waals surface area contributed by atoms with Crippen molar-refractivity contribution in [2.75, 3.05) is 5.32 Å². The molecule has 152 valence electrons. The number of hydrogen-bond donors (Lipinski definition) is 1. The maximum absolute atomic E-state index is 12.9. The minimum Gasteiger partial charge on any atom is -0.325 e. The Hall–Kier alpha value is -2.45. The monoisotopic (exact) mass is 429 g/mol. The number of anilines is 1. The van der Waals surface area contributed by atoms with Crippen molar-refractivity contribution < 1.29 is 9.59 Å². The van der Waals surface area contributed by atoms with Crippen molar-refractivity contribution in [3.8, 4) is 0 Å². The molecule has 1 atom stereocenters. The lowest BCUT2D eigenvalue weighted by Gasteiger charge is -2.15. The van der Waals surface area contributed by atoms with Crippen LogP contribution in [0.4, 0.5) is 5.69 Å². The minimum atomic E-state index is -0.472. The van der Waals surface area contributed by atoms with Gasteiger partial charge in [-0.15, -0.1) is 11.3 Å². The molecular weight excluding hydrogens is 406 g/mol. The molecule has 0 spiro atoms. The number of fused-ring (bicyclic) bond motifs is 1. The minimum absolute atomic E-state index is 0.0606. The second-order valence-electron chi connectivity index (χ2n) is 6.79. The van der Waals surface area contributed by atoms with E-state index in [1.165, 1.54) is 30.0 Å². The van der Waals surface area contributed by atoms with Gasteiger partial charge in [0.25, 0.3) is 5.56 Å². The molecule has 0 bridgehead atoms. The number of nitrogens with zero attached hydrogens (tertiary/aromatic N) is 2. The molecule has 0 saturated carbocycles. The van der Waals surface area contributed by atoms with Crippen LogP contribution in [0.25, 0.3) is 10.2 Å². The molecule has 1 N–H and O–H groups in total. The number of carbonyl (C=O) groups excluding carboxylic acids is 2. The fourth-order valence-electron chi connectivity index (χ4n) is 2.95. The number of nitrogens with one attached hydrogen (secondary N) is 1. The number of hydrogen-bond acceptors (Lipinski definition) is 6. The van der Waals surface area contributed by atoms with Crippen molar-refractivity contribution in [1.29, 1.82) is 0 Å². The number of aryl methyl sites for hydroxylation is 2. The summed E-state index contributed by atoms with van der Waals surface area (Å²) in [4.78, 5) is 43.6. The molecule has 6 nitrogen and oxygen atoms in total. The summed E-state index contributed by atoms with van der Waals surface area (Å²) in [6.07, 6.45) is 0. The van der Waals surface area contributed by atoms with Crippen LogP contribution in [-0.4, -0.2) is 26.5 Å². The first-order valence-corrected chi connectivity index (χ1v) is 11.0. The Morgan fingerprint density at radius 1 is 1.31 bits per heavy atom. The molecule has 2 heterocycles. The second-order valence-corrected chi connectivity index (χ2v) is 9.30. The Kier molecular flexibility index (Phi) is 6.24. The number of aromatic nitrogens is 2. The molecule has 0 aliphatic carbocycles. The quantitative estimate of drug-likeness (QED) is 0.356. The van der Waals surface area contributed by atoms with Crippen LogP contribution in [0.15, 0.2) is 34.2 Å². The summed E-state index contributed by atoms with van der Waals surface area (Å²) < 4.78 is 1.62. The number of benzene rings is 1. The smallest absolute Gasteiger partial charge is 0.263 e. The topological polar surface area (TPSA) is 81.1 Å². The number of ketones is 1. The van der Waals surface area contributed by atoms with Gasteiger partial charge in [-0.1, -0.05) is 23.9 Å². The summed E-state index contributed by atoms with van der Waals surface area (Å²) in [5.41, 5.74) is 2.01. The van der Waals surface area contributed by atoms with Gasteiger partial charge < -0.3 is 5.32 Å². The molecule has 0 aliphatic rings. The van der Waals surface area contributed by atoms with E-state index >= 15 is 0 Å². The molecule has 29 heavy (non-hydrogen) atoms. The lowest BCUT2D eigenvalue weighted by atomic mass is 10.1. The van der Waals surface area contributed by atoms with Crippen LogP contribution in [0.5, 0.6) is 0 Å². The molecule has 8 heteroatoms. The highest BCUT2D eigenvalue weighted by Crippen LogP contribution is 2.30. The van der Waals surface area contributed by atoms with Crippen LogP contribution in [0.2, 0.25) is 0 Å².